The van der Waals surface area contributed by atoms with E-state index in [0.29, 0.717) is 0 Å². The first-order chi connectivity index (χ1) is 8.92. The molecule has 18 heavy (non-hydrogen) atoms. The number of aromatic nitrogens is 4. The van der Waals surface area contributed by atoms with Crippen LogP contribution in [0.2, 0.25) is 0 Å². The Kier molecular flexibility index (Phi) is 1.91. The minimum absolute atomic E-state index is 0.827. The molecule has 1 N–H and O–H groups in total. The fraction of sp³-hybridized carbons (Fsp3) is 0.143. The van der Waals surface area contributed by atoms with Gasteiger partial charge in [-0.1, -0.05) is 30.3 Å². The van der Waals surface area contributed by atoms with Gasteiger partial charge >= 0.3 is 0 Å². The highest BCUT2D eigenvalue weighted by molar-refractivity contribution is 5.70. The standard InChI is InChI=1S/C14H12N4/c1-2-4-10(5-3-1)9-18-13-6-11-7-15-17-14(11)12(13)8-16-18/h1-5,7-8H,6,9H2,(H,15,17). The zero-order chi connectivity index (χ0) is 11.9. The molecule has 0 saturated heterocycles. The lowest BCUT2D eigenvalue weighted by molar-refractivity contribution is 0.656. The number of hydrogen-bond acceptors (Lipinski definition) is 2. The molecule has 0 unspecified atom stereocenters. The Hall–Kier alpha value is -2.36. The van der Waals surface area contributed by atoms with E-state index in [1.807, 2.05) is 18.5 Å². The zero-order valence-corrected chi connectivity index (χ0v) is 9.80. The average Bonchev–Trinajstić information content (AvgIpc) is 3.04. The molecule has 0 saturated carbocycles. The van der Waals surface area contributed by atoms with Crippen molar-refractivity contribution in [3.05, 3.63) is 59.5 Å². The minimum atomic E-state index is 0.827. The Balaban J connectivity index is 1.72. The molecule has 1 aliphatic carbocycles. The van der Waals surface area contributed by atoms with E-state index in [9.17, 15) is 0 Å². The van der Waals surface area contributed by atoms with Crippen LogP contribution in [0.25, 0.3) is 11.3 Å². The second-order valence-corrected chi connectivity index (χ2v) is 4.60. The Morgan fingerprint density at radius 2 is 2.06 bits per heavy atom. The van der Waals surface area contributed by atoms with E-state index in [1.54, 1.807) is 0 Å². The van der Waals surface area contributed by atoms with Gasteiger partial charge in [-0.15, -0.1) is 0 Å². The predicted molar refractivity (Wildman–Crippen MR) is 68.2 cm³/mol. The predicted octanol–water partition coefficient (Wildman–Crippen LogP) is 2.23. The van der Waals surface area contributed by atoms with E-state index >= 15 is 0 Å². The normalized spacial score (nSPS) is 12.4. The maximum Gasteiger partial charge on any atom is 0.0720 e. The summed E-state index contributed by atoms with van der Waals surface area (Å²) >= 11 is 0. The van der Waals surface area contributed by atoms with Crippen LogP contribution in [0.3, 0.4) is 0 Å². The molecule has 0 radical (unpaired) electrons. The molecular weight excluding hydrogens is 224 g/mol. The van der Waals surface area contributed by atoms with Crippen molar-refractivity contribution in [3.8, 4) is 11.3 Å². The highest BCUT2D eigenvalue weighted by atomic mass is 15.3. The van der Waals surface area contributed by atoms with Gasteiger partial charge in [0.2, 0.25) is 0 Å². The summed E-state index contributed by atoms with van der Waals surface area (Å²) < 4.78 is 2.08. The van der Waals surface area contributed by atoms with E-state index in [4.69, 9.17) is 0 Å². The third-order valence-electron chi connectivity index (χ3n) is 3.47. The molecule has 0 fully saturated rings. The van der Waals surface area contributed by atoms with Gasteiger partial charge in [0.25, 0.3) is 0 Å². The largest absolute Gasteiger partial charge is 0.277 e. The van der Waals surface area contributed by atoms with Crippen LogP contribution in [0.1, 0.15) is 16.8 Å². The molecule has 3 aromatic rings. The van der Waals surface area contributed by atoms with Crippen molar-refractivity contribution in [1.82, 2.24) is 20.0 Å². The van der Waals surface area contributed by atoms with Crippen molar-refractivity contribution >= 4 is 0 Å². The van der Waals surface area contributed by atoms with Gasteiger partial charge < -0.3 is 0 Å². The molecule has 0 atom stereocenters. The summed E-state index contributed by atoms with van der Waals surface area (Å²) in [6.45, 7) is 0.827. The third-order valence-corrected chi connectivity index (χ3v) is 3.47. The summed E-state index contributed by atoms with van der Waals surface area (Å²) in [5.41, 5.74) is 6.14. The molecule has 0 aliphatic heterocycles. The molecule has 0 spiro atoms. The van der Waals surface area contributed by atoms with Crippen molar-refractivity contribution in [2.24, 2.45) is 0 Å². The van der Waals surface area contributed by atoms with Gasteiger partial charge in [-0.05, 0) is 5.56 Å². The second-order valence-electron chi connectivity index (χ2n) is 4.60. The van der Waals surface area contributed by atoms with Crippen LogP contribution in [-0.4, -0.2) is 20.0 Å². The minimum Gasteiger partial charge on any atom is -0.277 e. The summed E-state index contributed by atoms with van der Waals surface area (Å²) in [6, 6.07) is 10.4. The molecule has 2 aromatic heterocycles. The first kappa shape index (κ1) is 9.65. The molecule has 2 heterocycles. The highest BCUT2D eigenvalue weighted by Crippen LogP contribution is 2.34. The van der Waals surface area contributed by atoms with E-state index in [0.717, 1.165) is 18.7 Å². The first-order valence-corrected chi connectivity index (χ1v) is 6.03. The number of nitrogens with zero attached hydrogens (tertiary/aromatic N) is 3. The van der Waals surface area contributed by atoms with Crippen molar-refractivity contribution in [3.63, 3.8) is 0 Å². The number of hydrogen-bond donors (Lipinski definition) is 1. The van der Waals surface area contributed by atoms with Crippen molar-refractivity contribution in [2.45, 2.75) is 13.0 Å². The molecule has 1 aliphatic rings. The summed E-state index contributed by atoms with van der Waals surface area (Å²) in [5.74, 6) is 0. The fourth-order valence-corrected chi connectivity index (χ4v) is 2.56. The zero-order valence-electron chi connectivity index (χ0n) is 9.80. The Labute approximate surface area is 104 Å². The van der Waals surface area contributed by atoms with E-state index in [-0.39, 0.29) is 0 Å². The number of rotatable bonds is 2. The van der Waals surface area contributed by atoms with Crippen LogP contribution in [0.4, 0.5) is 0 Å². The molecule has 4 rings (SSSR count). The van der Waals surface area contributed by atoms with Gasteiger partial charge in [0.05, 0.1) is 30.3 Å². The lowest BCUT2D eigenvalue weighted by Gasteiger charge is -2.05. The third kappa shape index (κ3) is 1.32. The van der Waals surface area contributed by atoms with Gasteiger partial charge in [-0.2, -0.15) is 10.2 Å². The fourth-order valence-electron chi connectivity index (χ4n) is 2.56. The molecule has 0 amide bonds. The molecule has 4 heteroatoms. The number of H-pyrrole nitrogens is 1. The molecule has 88 valence electrons. The van der Waals surface area contributed by atoms with Crippen LogP contribution < -0.4 is 0 Å². The average molecular weight is 236 g/mol. The van der Waals surface area contributed by atoms with Crippen LogP contribution in [-0.2, 0) is 13.0 Å². The summed E-state index contributed by atoms with van der Waals surface area (Å²) in [5, 5.41) is 11.6. The number of nitrogens with one attached hydrogen (secondary N) is 1. The molecule has 0 bridgehead atoms. The number of aromatic amines is 1. The van der Waals surface area contributed by atoms with Crippen LogP contribution in [0.5, 0.6) is 0 Å². The molecule has 1 aromatic carbocycles. The van der Waals surface area contributed by atoms with Gasteiger partial charge in [0.15, 0.2) is 0 Å². The maximum atomic E-state index is 4.48. The summed E-state index contributed by atoms with van der Waals surface area (Å²) in [4.78, 5) is 0. The first-order valence-electron chi connectivity index (χ1n) is 6.03. The topological polar surface area (TPSA) is 46.5 Å². The Bertz CT molecular complexity index is 694. The van der Waals surface area contributed by atoms with Gasteiger partial charge in [-0.3, -0.25) is 9.78 Å². The van der Waals surface area contributed by atoms with E-state index < -0.39 is 0 Å². The summed E-state index contributed by atoms with van der Waals surface area (Å²) in [6.07, 6.45) is 4.76. The lowest BCUT2D eigenvalue weighted by atomic mass is 10.2. The maximum absolute atomic E-state index is 4.48. The Morgan fingerprint density at radius 3 is 2.94 bits per heavy atom. The van der Waals surface area contributed by atoms with Crippen molar-refractivity contribution < 1.29 is 0 Å². The van der Waals surface area contributed by atoms with Crippen LogP contribution in [0, 0.1) is 0 Å². The van der Waals surface area contributed by atoms with Crippen molar-refractivity contribution in [2.75, 3.05) is 0 Å². The SMILES string of the molecule is c1ccc(Cn2ncc3c2Cc2cn[nH]c2-3)cc1. The van der Waals surface area contributed by atoms with Crippen LogP contribution in [0.15, 0.2) is 42.7 Å². The lowest BCUT2D eigenvalue weighted by Crippen LogP contribution is -2.05. The van der Waals surface area contributed by atoms with Gasteiger partial charge in [0, 0.05) is 17.5 Å². The molecular formula is C14H12N4. The molecule has 4 nitrogen and oxygen atoms in total. The number of benzene rings is 1. The quantitative estimate of drug-likeness (QED) is 0.580. The van der Waals surface area contributed by atoms with E-state index in [2.05, 4.69) is 44.2 Å². The van der Waals surface area contributed by atoms with Crippen LogP contribution >= 0.6 is 0 Å². The summed E-state index contributed by atoms with van der Waals surface area (Å²) in [7, 11) is 0. The van der Waals surface area contributed by atoms with Crippen molar-refractivity contribution in [1.29, 1.82) is 0 Å². The van der Waals surface area contributed by atoms with Gasteiger partial charge in [-0.25, -0.2) is 0 Å². The van der Waals surface area contributed by atoms with E-state index in [1.165, 1.54) is 22.4 Å². The second kappa shape index (κ2) is 3.57. The number of fused-ring (bicyclic) bond motifs is 3. The highest BCUT2D eigenvalue weighted by Gasteiger charge is 2.24. The Morgan fingerprint density at radius 1 is 1.17 bits per heavy atom. The monoisotopic (exact) mass is 236 g/mol. The van der Waals surface area contributed by atoms with Gasteiger partial charge in [0.1, 0.15) is 0 Å². The smallest absolute Gasteiger partial charge is 0.0720 e.